The number of aliphatic carboxylic acids is 1. The standard InChI is InChI=1S/C15H21IN2O3/c1-2-11(7-8-14(19)20)9-10-17-15(21)18-13-6-4-3-5-12(13)16/h3-6,11H,2,7-10H2,1H3,(H,19,20)(H2,17,18,21). The van der Waals surface area contributed by atoms with E-state index in [2.05, 4.69) is 33.2 Å². The van der Waals surface area contributed by atoms with E-state index < -0.39 is 5.97 Å². The van der Waals surface area contributed by atoms with Crippen LogP contribution in [0.5, 0.6) is 0 Å². The fraction of sp³-hybridized carbons (Fsp3) is 0.467. The van der Waals surface area contributed by atoms with Crippen molar-refractivity contribution in [3.63, 3.8) is 0 Å². The molecule has 0 spiro atoms. The SMILES string of the molecule is CCC(CCNC(=O)Nc1ccccc1I)CCC(=O)O. The number of para-hydroxylation sites is 1. The highest BCUT2D eigenvalue weighted by atomic mass is 127. The molecule has 0 fully saturated rings. The number of rotatable bonds is 8. The highest BCUT2D eigenvalue weighted by Crippen LogP contribution is 2.17. The van der Waals surface area contributed by atoms with E-state index in [-0.39, 0.29) is 12.5 Å². The average molecular weight is 404 g/mol. The van der Waals surface area contributed by atoms with Crippen LogP contribution in [-0.4, -0.2) is 23.7 Å². The van der Waals surface area contributed by atoms with Crippen molar-refractivity contribution < 1.29 is 14.7 Å². The predicted octanol–water partition coefficient (Wildman–Crippen LogP) is 3.69. The van der Waals surface area contributed by atoms with Gasteiger partial charge in [-0.25, -0.2) is 4.79 Å². The van der Waals surface area contributed by atoms with Crippen molar-refractivity contribution >= 4 is 40.3 Å². The summed E-state index contributed by atoms with van der Waals surface area (Å²) in [5.41, 5.74) is 0.786. The third-order valence-corrected chi connectivity index (χ3v) is 4.24. The highest BCUT2D eigenvalue weighted by molar-refractivity contribution is 14.1. The number of carboxylic acids is 1. The average Bonchev–Trinajstić information content (AvgIpc) is 2.45. The van der Waals surface area contributed by atoms with E-state index in [4.69, 9.17) is 5.11 Å². The molecule has 1 aromatic carbocycles. The second kappa shape index (κ2) is 9.59. The van der Waals surface area contributed by atoms with Gasteiger partial charge in [0.1, 0.15) is 0 Å². The summed E-state index contributed by atoms with van der Waals surface area (Å²) in [6.45, 7) is 2.59. The number of anilines is 1. The molecule has 0 bridgehead atoms. The zero-order valence-electron chi connectivity index (χ0n) is 12.1. The van der Waals surface area contributed by atoms with E-state index in [0.29, 0.717) is 18.9 Å². The first-order valence-corrected chi connectivity index (χ1v) is 8.12. The van der Waals surface area contributed by atoms with Crippen LogP contribution in [0.15, 0.2) is 24.3 Å². The van der Waals surface area contributed by atoms with Crippen LogP contribution < -0.4 is 10.6 Å². The van der Waals surface area contributed by atoms with Crippen molar-refractivity contribution in [1.82, 2.24) is 5.32 Å². The molecule has 0 saturated carbocycles. The number of carbonyl (C=O) groups excluding carboxylic acids is 1. The van der Waals surface area contributed by atoms with Crippen LogP contribution in [0.4, 0.5) is 10.5 Å². The molecule has 3 N–H and O–H groups in total. The number of carbonyl (C=O) groups is 2. The minimum Gasteiger partial charge on any atom is -0.481 e. The molecule has 0 radical (unpaired) electrons. The molecule has 6 heteroatoms. The van der Waals surface area contributed by atoms with Gasteiger partial charge in [-0.05, 0) is 53.5 Å². The van der Waals surface area contributed by atoms with E-state index in [9.17, 15) is 9.59 Å². The molecule has 1 unspecified atom stereocenters. The molecular weight excluding hydrogens is 383 g/mol. The fourth-order valence-corrected chi connectivity index (χ4v) is 2.52. The molecule has 21 heavy (non-hydrogen) atoms. The van der Waals surface area contributed by atoms with Crippen LogP contribution in [0, 0.1) is 9.49 Å². The van der Waals surface area contributed by atoms with Gasteiger partial charge in [-0.15, -0.1) is 0 Å². The second-order valence-corrected chi connectivity index (χ2v) is 6.02. The van der Waals surface area contributed by atoms with Gasteiger partial charge in [0.15, 0.2) is 0 Å². The predicted molar refractivity (Wildman–Crippen MR) is 91.4 cm³/mol. The van der Waals surface area contributed by atoms with E-state index >= 15 is 0 Å². The monoisotopic (exact) mass is 404 g/mol. The van der Waals surface area contributed by atoms with E-state index in [1.165, 1.54) is 0 Å². The van der Waals surface area contributed by atoms with Gasteiger partial charge in [-0.1, -0.05) is 25.5 Å². The van der Waals surface area contributed by atoms with Gasteiger partial charge < -0.3 is 15.7 Å². The molecule has 0 aliphatic carbocycles. The first-order chi connectivity index (χ1) is 10.0. The van der Waals surface area contributed by atoms with Crippen molar-refractivity contribution in [3.8, 4) is 0 Å². The van der Waals surface area contributed by atoms with Crippen molar-refractivity contribution in [2.45, 2.75) is 32.6 Å². The van der Waals surface area contributed by atoms with Crippen LogP contribution in [0.1, 0.15) is 32.6 Å². The third kappa shape index (κ3) is 7.31. The zero-order chi connectivity index (χ0) is 15.7. The molecule has 5 nitrogen and oxygen atoms in total. The van der Waals surface area contributed by atoms with Crippen molar-refractivity contribution in [3.05, 3.63) is 27.8 Å². The molecule has 2 amide bonds. The van der Waals surface area contributed by atoms with Gasteiger partial charge in [-0.3, -0.25) is 4.79 Å². The summed E-state index contributed by atoms with van der Waals surface area (Å²) in [6, 6.07) is 7.33. The molecule has 116 valence electrons. The number of amides is 2. The van der Waals surface area contributed by atoms with Gasteiger partial charge in [-0.2, -0.15) is 0 Å². The summed E-state index contributed by atoms with van der Waals surface area (Å²) in [5, 5.41) is 14.3. The first-order valence-electron chi connectivity index (χ1n) is 7.04. The van der Waals surface area contributed by atoms with Gasteiger partial charge in [0.2, 0.25) is 0 Å². The van der Waals surface area contributed by atoms with Gasteiger partial charge >= 0.3 is 12.0 Å². The third-order valence-electron chi connectivity index (χ3n) is 3.30. The van der Waals surface area contributed by atoms with Crippen molar-refractivity contribution in [2.75, 3.05) is 11.9 Å². The zero-order valence-corrected chi connectivity index (χ0v) is 14.2. The van der Waals surface area contributed by atoms with E-state index in [0.717, 1.165) is 22.1 Å². The van der Waals surface area contributed by atoms with Gasteiger partial charge in [0.25, 0.3) is 0 Å². The number of halogens is 1. The fourth-order valence-electron chi connectivity index (χ4n) is 2.00. The lowest BCUT2D eigenvalue weighted by atomic mass is 9.97. The van der Waals surface area contributed by atoms with Crippen LogP contribution in [-0.2, 0) is 4.79 Å². The first kappa shape index (κ1) is 17.7. The van der Waals surface area contributed by atoms with Crippen LogP contribution in [0.3, 0.4) is 0 Å². The second-order valence-electron chi connectivity index (χ2n) is 4.86. The highest BCUT2D eigenvalue weighted by Gasteiger charge is 2.10. The van der Waals surface area contributed by atoms with Crippen LogP contribution >= 0.6 is 22.6 Å². The maximum atomic E-state index is 11.8. The normalized spacial score (nSPS) is 11.7. The summed E-state index contributed by atoms with van der Waals surface area (Å²) in [7, 11) is 0. The molecule has 0 saturated heterocycles. The Kier molecular flexibility index (Phi) is 8.11. The Hall–Kier alpha value is -1.31. The summed E-state index contributed by atoms with van der Waals surface area (Å²) < 4.78 is 0.984. The molecular formula is C15H21IN2O3. The maximum Gasteiger partial charge on any atom is 0.319 e. The Morgan fingerprint density at radius 3 is 2.62 bits per heavy atom. The van der Waals surface area contributed by atoms with E-state index in [1.54, 1.807) is 0 Å². The molecule has 1 rings (SSSR count). The molecule has 1 aromatic rings. The van der Waals surface area contributed by atoms with Crippen LogP contribution in [0.25, 0.3) is 0 Å². The lowest BCUT2D eigenvalue weighted by Gasteiger charge is -2.14. The number of hydrogen-bond acceptors (Lipinski definition) is 2. The quantitative estimate of drug-likeness (QED) is 0.579. The smallest absolute Gasteiger partial charge is 0.319 e. The largest absolute Gasteiger partial charge is 0.481 e. The molecule has 0 aromatic heterocycles. The topological polar surface area (TPSA) is 78.4 Å². The molecule has 0 aliphatic rings. The lowest BCUT2D eigenvalue weighted by Crippen LogP contribution is -2.30. The number of nitrogens with one attached hydrogen (secondary N) is 2. The number of urea groups is 1. The lowest BCUT2D eigenvalue weighted by molar-refractivity contribution is -0.137. The number of hydrogen-bond donors (Lipinski definition) is 3. The number of carboxylic acid groups (broad SMARTS) is 1. The molecule has 0 aliphatic heterocycles. The van der Waals surface area contributed by atoms with Crippen molar-refractivity contribution in [1.29, 1.82) is 0 Å². The molecule has 1 atom stereocenters. The van der Waals surface area contributed by atoms with Gasteiger partial charge in [0.05, 0.1) is 5.69 Å². The minimum atomic E-state index is -0.766. The van der Waals surface area contributed by atoms with Gasteiger partial charge in [0, 0.05) is 16.5 Å². The Morgan fingerprint density at radius 2 is 2.00 bits per heavy atom. The Bertz CT molecular complexity index is 480. The van der Waals surface area contributed by atoms with Crippen molar-refractivity contribution in [2.24, 2.45) is 5.92 Å². The minimum absolute atomic E-state index is 0.187. The van der Waals surface area contributed by atoms with E-state index in [1.807, 2.05) is 31.2 Å². The number of benzene rings is 1. The summed E-state index contributed by atoms with van der Waals surface area (Å²) >= 11 is 2.17. The molecule has 0 heterocycles. The Labute approximate surface area is 138 Å². The van der Waals surface area contributed by atoms with Crippen LogP contribution in [0.2, 0.25) is 0 Å². The summed E-state index contributed by atoms with van der Waals surface area (Å²) in [5.74, 6) is -0.434. The Balaban J connectivity index is 2.29. The summed E-state index contributed by atoms with van der Waals surface area (Å²) in [6.07, 6.45) is 2.56. The Morgan fingerprint density at radius 1 is 1.29 bits per heavy atom. The maximum absolute atomic E-state index is 11.8. The summed E-state index contributed by atoms with van der Waals surface area (Å²) in [4.78, 5) is 22.3.